The molecule has 8 heteroatoms. The van der Waals surface area contributed by atoms with E-state index >= 15 is 0 Å². The van der Waals surface area contributed by atoms with Crippen molar-refractivity contribution >= 4 is 38.6 Å². The SMILES string of the molecule is Cc1nc(-c2ccc(NS(=O)(=O)c3ccc4c(c3)CC(=O)N4)cc2)cs1. The molecule has 2 aromatic carbocycles. The van der Waals surface area contributed by atoms with Gasteiger partial charge < -0.3 is 5.32 Å². The first kappa shape index (κ1) is 16.7. The van der Waals surface area contributed by atoms with Crippen molar-refractivity contribution in [3.63, 3.8) is 0 Å². The number of aromatic nitrogens is 1. The Morgan fingerprint density at radius 3 is 2.62 bits per heavy atom. The van der Waals surface area contributed by atoms with Crippen LogP contribution in [0.4, 0.5) is 11.4 Å². The molecule has 1 amide bonds. The lowest BCUT2D eigenvalue weighted by Gasteiger charge is -2.10. The summed E-state index contributed by atoms with van der Waals surface area (Å²) in [6.07, 6.45) is 0.195. The standard InChI is InChI=1S/C18H15N3O3S2/c1-11-19-17(10-25-11)12-2-4-14(5-3-12)21-26(23,24)15-6-7-16-13(8-15)9-18(22)20-16/h2-8,10,21H,9H2,1H3,(H,20,22). The Morgan fingerprint density at radius 2 is 1.92 bits per heavy atom. The van der Waals surface area contributed by atoms with Crippen molar-refractivity contribution in [1.29, 1.82) is 0 Å². The average molecular weight is 385 g/mol. The van der Waals surface area contributed by atoms with E-state index in [4.69, 9.17) is 0 Å². The van der Waals surface area contributed by atoms with E-state index < -0.39 is 10.0 Å². The van der Waals surface area contributed by atoms with Gasteiger partial charge in [-0.2, -0.15) is 0 Å². The van der Waals surface area contributed by atoms with E-state index in [1.165, 1.54) is 12.1 Å². The van der Waals surface area contributed by atoms with Crippen LogP contribution in [-0.2, 0) is 21.2 Å². The topological polar surface area (TPSA) is 88.2 Å². The van der Waals surface area contributed by atoms with E-state index in [0.29, 0.717) is 16.9 Å². The van der Waals surface area contributed by atoms with Crippen LogP contribution in [0.2, 0.25) is 0 Å². The summed E-state index contributed by atoms with van der Waals surface area (Å²) < 4.78 is 27.8. The number of hydrogen-bond donors (Lipinski definition) is 2. The molecule has 0 unspecified atom stereocenters. The van der Waals surface area contributed by atoms with Crippen LogP contribution in [0.1, 0.15) is 10.6 Å². The molecule has 2 N–H and O–H groups in total. The summed E-state index contributed by atoms with van der Waals surface area (Å²) in [5, 5.41) is 5.64. The molecule has 3 aromatic rings. The van der Waals surface area contributed by atoms with E-state index in [1.807, 2.05) is 24.4 Å². The second-order valence-electron chi connectivity index (χ2n) is 5.98. The number of amides is 1. The van der Waals surface area contributed by atoms with E-state index in [1.54, 1.807) is 29.5 Å². The van der Waals surface area contributed by atoms with Crippen molar-refractivity contribution in [2.75, 3.05) is 10.0 Å². The van der Waals surface area contributed by atoms with Crippen LogP contribution in [0.15, 0.2) is 52.7 Å². The largest absolute Gasteiger partial charge is 0.326 e. The number of benzene rings is 2. The quantitative estimate of drug-likeness (QED) is 0.720. The molecule has 1 aromatic heterocycles. The van der Waals surface area contributed by atoms with Crippen molar-refractivity contribution < 1.29 is 13.2 Å². The molecular formula is C18H15N3O3S2. The highest BCUT2D eigenvalue weighted by atomic mass is 32.2. The fourth-order valence-corrected chi connectivity index (χ4v) is 4.52. The fraction of sp³-hybridized carbons (Fsp3) is 0.111. The number of sulfonamides is 1. The van der Waals surface area contributed by atoms with Gasteiger partial charge in [0.1, 0.15) is 0 Å². The van der Waals surface area contributed by atoms with Crippen LogP contribution >= 0.6 is 11.3 Å². The summed E-state index contributed by atoms with van der Waals surface area (Å²) >= 11 is 1.57. The molecule has 0 saturated carbocycles. The summed E-state index contributed by atoms with van der Waals surface area (Å²) in [7, 11) is -3.73. The molecule has 1 aliphatic rings. The molecule has 0 saturated heterocycles. The number of rotatable bonds is 4. The Kier molecular flexibility index (Phi) is 4.01. The lowest BCUT2D eigenvalue weighted by atomic mass is 10.1. The Bertz CT molecular complexity index is 1100. The molecule has 132 valence electrons. The van der Waals surface area contributed by atoms with Gasteiger partial charge in [-0.05, 0) is 42.8 Å². The minimum atomic E-state index is -3.73. The molecule has 4 rings (SSSR count). The highest BCUT2D eigenvalue weighted by Gasteiger charge is 2.22. The zero-order chi connectivity index (χ0) is 18.3. The smallest absolute Gasteiger partial charge is 0.261 e. The van der Waals surface area contributed by atoms with E-state index in [9.17, 15) is 13.2 Å². The minimum absolute atomic E-state index is 0.129. The monoisotopic (exact) mass is 385 g/mol. The molecule has 0 aliphatic carbocycles. The fourth-order valence-electron chi connectivity index (χ4n) is 2.79. The van der Waals surface area contributed by atoms with Crippen molar-refractivity contribution in [2.45, 2.75) is 18.2 Å². The predicted molar refractivity (Wildman–Crippen MR) is 102 cm³/mol. The minimum Gasteiger partial charge on any atom is -0.326 e. The number of aryl methyl sites for hydroxylation is 1. The molecule has 0 spiro atoms. The van der Waals surface area contributed by atoms with Crippen molar-refractivity contribution in [2.24, 2.45) is 0 Å². The molecular weight excluding hydrogens is 370 g/mol. The van der Waals surface area contributed by atoms with Gasteiger partial charge in [0, 0.05) is 22.3 Å². The number of nitrogens with one attached hydrogen (secondary N) is 2. The number of hydrogen-bond acceptors (Lipinski definition) is 5. The Morgan fingerprint density at radius 1 is 1.15 bits per heavy atom. The molecule has 26 heavy (non-hydrogen) atoms. The lowest BCUT2D eigenvalue weighted by molar-refractivity contribution is -0.115. The van der Waals surface area contributed by atoms with Gasteiger partial charge in [0.25, 0.3) is 10.0 Å². The first-order valence-corrected chi connectivity index (χ1v) is 10.3. The molecule has 0 bridgehead atoms. The molecule has 1 aliphatic heterocycles. The predicted octanol–water partition coefficient (Wildman–Crippen LogP) is 3.41. The maximum Gasteiger partial charge on any atom is 0.261 e. The number of fused-ring (bicyclic) bond motifs is 1. The molecule has 0 radical (unpaired) electrons. The summed E-state index contributed by atoms with van der Waals surface area (Å²) in [6.45, 7) is 1.94. The zero-order valence-corrected chi connectivity index (χ0v) is 15.4. The number of thiazole rings is 1. The first-order chi connectivity index (χ1) is 12.4. The average Bonchev–Trinajstić information content (AvgIpc) is 3.19. The van der Waals surface area contributed by atoms with Crippen LogP contribution in [0.3, 0.4) is 0 Å². The Balaban J connectivity index is 1.56. The third-order valence-corrected chi connectivity index (χ3v) is 6.22. The number of carbonyl (C=O) groups excluding carboxylic acids is 1. The lowest BCUT2D eigenvalue weighted by Crippen LogP contribution is -2.13. The third-order valence-electron chi connectivity index (χ3n) is 4.06. The van der Waals surface area contributed by atoms with Gasteiger partial charge in [-0.15, -0.1) is 11.3 Å². The first-order valence-electron chi connectivity index (χ1n) is 7.89. The van der Waals surface area contributed by atoms with E-state index in [-0.39, 0.29) is 17.2 Å². The molecule has 0 atom stereocenters. The second-order valence-corrected chi connectivity index (χ2v) is 8.72. The molecule has 6 nitrogen and oxygen atoms in total. The molecule has 2 heterocycles. The van der Waals surface area contributed by atoms with Crippen LogP contribution in [0.5, 0.6) is 0 Å². The van der Waals surface area contributed by atoms with Gasteiger partial charge in [-0.25, -0.2) is 13.4 Å². The van der Waals surface area contributed by atoms with Crippen molar-refractivity contribution in [3.05, 3.63) is 58.4 Å². The maximum absolute atomic E-state index is 12.6. The van der Waals surface area contributed by atoms with Crippen LogP contribution < -0.4 is 10.0 Å². The van der Waals surface area contributed by atoms with Gasteiger partial charge in [0.05, 0.1) is 22.0 Å². The maximum atomic E-state index is 12.6. The van der Waals surface area contributed by atoms with Crippen molar-refractivity contribution in [3.8, 4) is 11.3 Å². The third kappa shape index (κ3) is 3.21. The van der Waals surface area contributed by atoms with Gasteiger partial charge in [0.2, 0.25) is 5.91 Å². The Labute approximate surface area is 155 Å². The normalized spacial score (nSPS) is 13.3. The Hall–Kier alpha value is -2.71. The van der Waals surface area contributed by atoms with Gasteiger partial charge in [-0.1, -0.05) is 12.1 Å². The highest BCUT2D eigenvalue weighted by molar-refractivity contribution is 7.92. The summed E-state index contributed by atoms with van der Waals surface area (Å²) in [6, 6.07) is 11.7. The van der Waals surface area contributed by atoms with Gasteiger partial charge in [-0.3, -0.25) is 9.52 Å². The van der Waals surface area contributed by atoms with Crippen LogP contribution in [0.25, 0.3) is 11.3 Å². The van der Waals surface area contributed by atoms with Crippen LogP contribution in [-0.4, -0.2) is 19.3 Å². The molecule has 0 fully saturated rings. The van der Waals surface area contributed by atoms with E-state index in [2.05, 4.69) is 15.0 Å². The zero-order valence-electron chi connectivity index (χ0n) is 13.8. The number of nitrogens with zero attached hydrogens (tertiary/aromatic N) is 1. The number of anilines is 2. The second kappa shape index (κ2) is 6.22. The summed E-state index contributed by atoms with van der Waals surface area (Å²) in [5.74, 6) is -0.129. The van der Waals surface area contributed by atoms with Gasteiger partial charge >= 0.3 is 0 Å². The van der Waals surface area contributed by atoms with Crippen molar-refractivity contribution in [1.82, 2.24) is 4.98 Å². The summed E-state index contributed by atoms with van der Waals surface area (Å²) in [5.41, 5.74) is 3.62. The van der Waals surface area contributed by atoms with E-state index in [0.717, 1.165) is 16.3 Å². The van der Waals surface area contributed by atoms with Crippen LogP contribution in [0, 0.1) is 6.92 Å². The highest BCUT2D eigenvalue weighted by Crippen LogP contribution is 2.28. The number of carbonyl (C=O) groups is 1. The van der Waals surface area contributed by atoms with Gasteiger partial charge in [0.15, 0.2) is 0 Å². The summed E-state index contributed by atoms with van der Waals surface area (Å²) in [4.78, 5) is 16.0.